The van der Waals surface area contributed by atoms with Crippen LogP contribution in [0.2, 0.25) is 0 Å². The van der Waals surface area contributed by atoms with Crippen LogP contribution in [0.25, 0.3) is 0 Å². The molecule has 9 nitrogen and oxygen atoms in total. The average Bonchev–Trinajstić information content (AvgIpc) is 2.93. The van der Waals surface area contributed by atoms with Gasteiger partial charge in [0.1, 0.15) is 5.60 Å². The molecule has 2 atom stereocenters. The molecule has 41 heavy (non-hydrogen) atoms. The minimum Gasteiger partial charge on any atom is -0.493 e. The zero-order chi connectivity index (χ0) is 30.8. The number of hydrogen-bond donors (Lipinski definition) is 1. The van der Waals surface area contributed by atoms with Gasteiger partial charge in [-0.15, -0.1) is 0 Å². The van der Waals surface area contributed by atoms with E-state index in [1.54, 1.807) is 35.5 Å². The highest BCUT2D eigenvalue weighted by Gasteiger charge is 2.36. The molecule has 0 spiro atoms. The molecular formula is C32H46N2O7. The molecule has 1 unspecified atom stereocenters. The van der Waals surface area contributed by atoms with E-state index in [-0.39, 0.29) is 12.0 Å². The number of nitrogens with zero attached hydrogens (tertiary/aromatic N) is 1. The maximum atomic E-state index is 12.8. The van der Waals surface area contributed by atoms with Gasteiger partial charge in [0.25, 0.3) is 0 Å². The fourth-order valence-corrected chi connectivity index (χ4v) is 4.99. The van der Waals surface area contributed by atoms with Crippen molar-refractivity contribution in [3.8, 4) is 34.8 Å². The predicted molar refractivity (Wildman–Crippen MR) is 158 cm³/mol. The monoisotopic (exact) mass is 570 g/mol. The topological polar surface area (TPSA) is 108 Å². The Morgan fingerprint density at radius 1 is 0.878 bits per heavy atom. The lowest BCUT2D eigenvalue weighted by Crippen LogP contribution is -2.40. The lowest BCUT2D eigenvalue weighted by molar-refractivity contribution is 0.0500. The van der Waals surface area contributed by atoms with E-state index in [0.29, 0.717) is 54.4 Å². The quantitative estimate of drug-likeness (QED) is 0.276. The van der Waals surface area contributed by atoms with Gasteiger partial charge in [-0.3, -0.25) is 0 Å². The highest BCUT2D eigenvalue weighted by Crippen LogP contribution is 2.41. The Morgan fingerprint density at radius 3 is 1.93 bits per heavy atom. The van der Waals surface area contributed by atoms with Crippen molar-refractivity contribution in [3.05, 3.63) is 41.5 Å². The van der Waals surface area contributed by atoms with Crippen LogP contribution in [-0.2, 0) is 16.6 Å². The van der Waals surface area contributed by atoms with E-state index in [2.05, 4.69) is 11.4 Å². The summed E-state index contributed by atoms with van der Waals surface area (Å²) in [6.45, 7) is 9.58. The molecule has 0 saturated heterocycles. The molecule has 0 fully saturated rings. The van der Waals surface area contributed by atoms with E-state index in [9.17, 15) is 10.1 Å². The molecule has 226 valence electrons. The Hall–Kier alpha value is -3.80. The van der Waals surface area contributed by atoms with Gasteiger partial charge in [-0.2, -0.15) is 5.26 Å². The molecule has 0 aliphatic heterocycles. The maximum Gasteiger partial charge on any atom is 0.407 e. The van der Waals surface area contributed by atoms with Crippen molar-refractivity contribution >= 4 is 6.09 Å². The molecule has 0 saturated carbocycles. The number of carbonyl (C=O) groups is 1. The second kappa shape index (κ2) is 14.7. The number of ether oxygens (including phenoxy) is 6. The fourth-order valence-electron chi connectivity index (χ4n) is 4.99. The van der Waals surface area contributed by atoms with Crippen molar-refractivity contribution in [1.82, 2.24) is 5.32 Å². The molecule has 2 rings (SSSR count). The smallest absolute Gasteiger partial charge is 0.407 e. The van der Waals surface area contributed by atoms with Gasteiger partial charge >= 0.3 is 6.09 Å². The van der Waals surface area contributed by atoms with E-state index in [1.807, 2.05) is 65.0 Å². The Morgan fingerprint density at radius 2 is 1.46 bits per heavy atom. The first-order valence-electron chi connectivity index (χ1n) is 13.8. The number of amides is 1. The summed E-state index contributed by atoms with van der Waals surface area (Å²) in [6, 6.07) is 11.7. The van der Waals surface area contributed by atoms with Gasteiger partial charge in [0.05, 0.1) is 47.0 Å². The average molecular weight is 571 g/mol. The summed E-state index contributed by atoms with van der Waals surface area (Å²) in [4.78, 5) is 12.8. The lowest BCUT2D eigenvalue weighted by Gasteiger charge is -2.32. The van der Waals surface area contributed by atoms with Crippen LogP contribution >= 0.6 is 0 Å². The summed E-state index contributed by atoms with van der Waals surface area (Å²) in [5, 5.41) is 13.5. The molecule has 1 N–H and O–H groups in total. The molecule has 9 heteroatoms. The number of carbonyl (C=O) groups excluding carboxylic acids is 1. The summed E-state index contributed by atoms with van der Waals surface area (Å²) in [6.07, 6.45) is 1.86. The number of nitrogens with one attached hydrogen (secondary N) is 1. The van der Waals surface area contributed by atoms with Crippen molar-refractivity contribution in [3.63, 3.8) is 0 Å². The first-order valence-corrected chi connectivity index (χ1v) is 13.8. The minimum atomic E-state index is -0.761. The van der Waals surface area contributed by atoms with Crippen molar-refractivity contribution < 1.29 is 33.2 Å². The van der Waals surface area contributed by atoms with Crippen LogP contribution in [0, 0.1) is 17.2 Å². The van der Waals surface area contributed by atoms with E-state index >= 15 is 0 Å². The summed E-state index contributed by atoms with van der Waals surface area (Å²) in [5.41, 5.74) is 0.370. The summed E-state index contributed by atoms with van der Waals surface area (Å²) < 4.78 is 33.0. The van der Waals surface area contributed by atoms with Crippen LogP contribution in [-0.4, -0.2) is 53.3 Å². The van der Waals surface area contributed by atoms with Crippen LogP contribution < -0.4 is 29.0 Å². The third kappa shape index (κ3) is 8.59. The molecule has 0 aromatic heterocycles. The molecule has 0 heterocycles. The van der Waals surface area contributed by atoms with E-state index in [1.165, 1.54) is 0 Å². The SMILES string of the molecule is COc1ccc(C(C#N)(CCC[C@H](Cc2cc(OC)c(OC)c(OC)c2)NC(=O)OC(C)(C)C)C(C)C)cc1OC. The molecule has 0 radical (unpaired) electrons. The number of nitriles is 1. The van der Waals surface area contributed by atoms with Gasteiger partial charge < -0.3 is 33.7 Å². The number of alkyl carbamates (subject to hydrolysis) is 1. The first kappa shape index (κ1) is 33.4. The predicted octanol–water partition coefficient (Wildman–Crippen LogP) is 6.45. The van der Waals surface area contributed by atoms with E-state index in [0.717, 1.165) is 11.1 Å². The number of hydrogen-bond acceptors (Lipinski definition) is 8. The van der Waals surface area contributed by atoms with Crippen molar-refractivity contribution in [2.75, 3.05) is 35.5 Å². The Balaban J connectivity index is 2.37. The zero-order valence-electron chi connectivity index (χ0n) is 26.2. The highest BCUT2D eigenvalue weighted by atomic mass is 16.6. The van der Waals surface area contributed by atoms with Crippen LogP contribution in [0.15, 0.2) is 30.3 Å². The van der Waals surface area contributed by atoms with Gasteiger partial charge in [0.2, 0.25) is 5.75 Å². The van der Waals surface area contributed by atoms with Crippen molar-refractivity contribution in [1.29, 1.82) is 5.26 Å². The largest absolute Gasteiger partial charge is 0.493 e. The Labute approximate surface area is 245 Å². The number of rotatable bonds is 14. The number of benzene rings is 2. The van der Waals surface area contributed by atoms with E-state index < -0.39 is 17.1 Å². The van der Waals surface area contributed by atoms with Crippen molar-refractivity contribution in [2.24, 2.45) is 5.92 Å². The number of methoxy groups -OCH3 is 5. The zero-order valence-corrected chi connectivity index (χ0v) is 26.2. The summed E-state index contributed by atoms with van der Waals surface area (Å²) >= 11 is 0. The molecule has 0 bridgehead atoms. The molecule has 2 aromatic rings. The van der Waals surface area contributed by atoms with Gasteiger partial charge in [-0.1, -0.05) is 19.9 Å². The Kier molecular flexibility index (Phi) is 12.0. The van der Waals surface area contributed by atoms with Gasteiger partial charge in [0.15, 0.2) is 23.0 Å². The van der Waals surface area contributed by atoms with Gasteiger partial charge in [-0.05, 0) is 87.8 Å². The standard InChI is InChI=1S/C32H46N2O7/c1-21(2)32(20-33,23-13-14-25(36-6)26(19-23)37-7)15-11-12-24(34-30(35)41-31(3,4)5)16-22-17-27(38-8)29(40-10)28(18-22)39-9/h13-14,17-19,21,24H,11-12,15-16H2,1-10H3,(H,34,35)/t24-,32?/m1/s1. The van der Waals surface area contributed by atoms with Crippen LogP contribution in [0.3, 0.4) is 0 Å². The first-order chi connectivity index (χ1) is 19.4. The van der Waals surface area contributed by atoms with Crippen LogP contribution in [0.4, 0.5) is 4.79 Å². The summed E-state index contributed by atoms with van der Waals surface area (Å²) in [7, 11) is 7.87. The molecule has 1 amide bonds. The molecule has 0 aliphatic rings. The third-order valence-corrected chi connectivity index (χ3v) is 7.13. The van der Waals surface area contributed by atoms with Crippen LogP contribution in [0.5, 0.6) is 28.7 Å². The highest BCUT2D eigenvalue weighted by molar-refractivity contribution is 5.68. The second-order valence-electron chi connectivity index (χ2n) is 11.3. The summed E-state index contributed by atoms with van der Waals surface area (Å²) in [5.74, 6) is 2.79. The lowest BCUT2D eigenvalue weighted by atomic mass is 9.69. The third-order valence-electron chi connectivity index (χ3n) is 7.13. The molecular weight excluding hydrogens is 524 g/mol. The minimum absolute atomic E-state index is 0.0259. The van der Waals surface area contributed by atoms with E-state index in [4.69, 9.17) is 28.4 Å². The fraction of sp³-hybridized carbons (Fsp3) is 0.562. The van der Waals surface area contributed by atoms with Crippen LogP contribution in [0.1, 0.15) is 65.0 Å². The molecule has 2 aromatic carbocycles. The van der Waals surface area contributed by atoms with Crippen molar-refractivity contribution in [2.45, 2.75) is 77.4 Å². The molecule has 0 aliphatic carbocycles. The Bertz CT molecular complexity index is 1170. The van der Waals surface area contributed by atoms with Gasteiger partial charge in [-0.25, -0.2) is 4.79 Å². The maximum absolute atomic E-state index is 12.8. The second-order valence-corrected chi connectivity index (χ2v) is 11.3. The van der Waals surface area contributed by atoms with Gasteiger partial charge in [0, 0.05) is 6.04 Å². The normalized spacial score (nSPS) is 13.4.